The molecule has 0 bridgehead atoms. The van der Waals surface area contributed by atoms with Crippen molar-refractivity contribution in [3.8, 4) is 5.75 Å². The maximum atomic E-state index is 12.3. The fourth-order valence-corrected chi connectivity index (χ4v) is 3.95. The van der Waals surface area contributed by atoms with Crippen LogP contribution in [0.3, 0.4) is 0 Å². The highest BCUT2D eigenvalue weighted by atomic mass is 32.2. The largest absolute Gasteiger partial charge is 0.497 e. The van der Waals surface area contributed by atoms with Crippen LogP contribution in [-0.2, 0) is 26.0 Å². The number of carbonyl (C=O) groups excluding carboxylic acids is 1. The molecule has 1 aromatic carbocycles. The van der Waals surface area contributed by atoms with Gasteiger partial charge in [-0.05, 0) is 31.2 Å². The normalized spacial score (nSPS) is 11.1. The predicted octanol–water partition coefficient (Wildman–Crippen LogP) is 1.98. The lowest BCUT2D eigenvalue weighted by atomic mass is 10.3. The molecular formula is C14H16N2O5S2. The van der Waals surface area contributed by atoms with Crippen LogP contribution < -0.4 is 9.46 Å². The zero-order valence-corrected chi connectivity index (χ0v) is 14.5. The summed E-state index contributed by atoms with van der Waals surface area (Å²) in [6.07, 6.45) is 0.0598. The van der Waals surface area contributed by atoms with Crippen LogP contribution >= 0.6 is 11.3 Å². The van der Waals surface area contributed by atoms with Crippen molar-refractivity contribution >= 4 is 32.5 Å². The Morgan fingerprint density at radius 3 is 2.48 bits per heavy atom. The Morgan fingerprint density at radius 2 is 1.91 bits per heavy atom. The van der Waals surface area contributed by atoms with Crippen LogP contribution in [0.4, 0.5) is 5.13 Å². The second-order valence-corrected chi connectivity index (χ2v) is 7.33. The topological polar surface area (TPSA) is 94.6 Å². The molecule has 0 saturated heterocycles. The summed E-state index contributed by atoms with van der Waals surface area (Å²) in [7, 11) is -0.949. The summed E-state index contributed by atoms with van der Waals surface area (Å²) in [5.41, 5.74) is 0.591. The molecule has 0 atom stereocenters. The number of methoxy groups -OCH3 is 2. The fourth-order valence-electron chi connectivity index (χ4n) is 1.77. The van der Waals surface area contributed by atoms with Crippen molar-refractivity contribution in [3.05, 3.63) is 34.8 Å². The standard InChI is InChI=1S/C14H16N2O5S2/c1-9-12(8-13(17)21-3)22-14(15-9)16-23(18,19)11-6-4-10(20-2)5-7-11/h4-7H,8H2,1-3H3,(H,15,16). The average molecular weight is 356 g/mol. The van der Waals surface area contributed by atoms with E-state index in [1.165, 1.54) is 26.4 Å². The molecule has 0 spiro atoms. The first kappa shape index (κ1) is 17.2. The van der Waals surface area contributed by atoms with Gasteiger partial charge in [0.25, 0.3) is 10.0 Å². The SMILES string of the molecule is COC(=O)Cc1sc(NS(=O)(=O)c2ccc(OC)cc2)nc1C. The highest BCUT2D eigenvalue weighted by Crippen LogP contribution is 2.26. The highest BCUT2D eigenvalue weighted by Gasteiger charge is 2.18. The van der Waals surface area contributed by atoms with Gasteiger partial charge >= 0.3 is 5.97 Å². The molecule has 1 N–H and O–H groups in total. The van der Waals surface area contributed by atoms with Gasteiger partial charge in [0.05, 0.1) is 31.2 Å². The molecule has 2 aromatic rings. The number of benzene rings is 1. The van der Waals surface area contributed by atoms with E-state index in [1.54, 1.807) is 19.1 Å². The van der Waals surface area contributed by atoms with E-state index in [1.807, 2.05) is 0 Å². The van der Waals surface area contributed by atoms with Gasteiger partial charge in [-0.1, -0.05) is 0 Å². The number of nitrogens with zero attached hydrogens (tertiary/aromatic N) is 1. The Bertz CT molecular complexity index is 797. The predicted molar refractivity (Wildman–Crippen MR) is 86.4 cm³/mol. The van der Waals surface area contributed by atoms with E-state index in [0.29, 0.717) is 16.3 Å². The summed E-state index contributed by atoms with van der Waals surface area (Å²) in [5.74, 6) is 0.163. The van der Waals surface area contributed by atoms with E-state index in [4.69, 9.17) is 4.74 Å². The number of thiazole rings is 1. The van der Waals surface area contributed by atoms with Gasteiger partial charge < -0.3 is 9.47 Å². The number of aryl methyl sites for hydroxylation is 1. The molecule has 0 aliphatic rings. The van der Waals surface area contributed by atoms with Crippen molar-refractivity contribution in [1.82, 2.24) is 4.98 Å². The first-order valence-corrected chi connectivity index (χ1v) is 8.85. The molecule has 1 heterocycles. The third-order valence-electron chi connectivity index (χ3n) is 3.02. The summed E-state index contributed by atoms with van der Waals surface area (Å²) >= 11 is 1.11. The highest BCUT2D eigenvalue weighted by molar-refractivity contribution is 7.93. The van der Waals surface area contributed by atoms with Gasteiger partial charge in [-0.15, -0.1) is 11.3 Å². The molecule has 2 rings (SSSR count). The van der Waals surface area contributed by atoms with Gasteiger partial charge in [-0.2, -0.15) is 0 Å². The second kappa shape index (κ2) is 6.97. The molecule has 0 amide bonds. The summed E-state index contributed by atoms with van der Waals surface area (Å²) in [5, 5.41) is 0.206. The smallest absolute Gasteiger partial charge is 0.310 e. The van der Waals surface area contributed by atoms with Gasteiger partial charge in [0.1, 0.15) is 5.75 Å². The summed E-state index contributed by atoms with van der Waals surface area (Å²) in [4.78, 5) is 16.2. The molecule has 0 fully saturated rings. The van der Waals surface area contributed by atoms with Crippen molar-refractivity contribution in [3.63, 3.8) is 0 Å². The minimum atomic E-state index is -3.75. The lowest BCUT2D eigenvalue weighted by Gasteiger charge is -2.06. The zero-order chi connectivity index (χ0) is 17.0. The number of anilines is 1. The fraction of sp³-hybridized carbons (Fsp3) is 0.286. The molecule has 23 heavy (non-hydrogen) atoms. The molecule has 0 aliphatic carbocycles. The first-order valence-electron chi connectivity index (χ1n) is 6.55. The van der Waals surface area contributed by atoms with E-state index in [0.717, 1.165) is 11.3 Å². The lowest BCUT2D eigenvalue weighted by molar-refractivity contribution is -0.139. The Labute approximate surface area is 138 Å². The van der Waals surface area contributed by atoms with Crippen LogP contribution in [0.1, 0.15) is 10.6 Å². The molecule has 0 aliphatic heterocycles. The Balaban J connectivity index is 2.20. The third kappa shape index (κ3) is 4.20. The van der Waals surface area contributed by atoms with E-state index >= 15 is 0 Å². The zero-order valence-electron chi connectivity index (χ0n) is 12.8. The number of esters is 1. The van der Waals surface area contributed by atoms with Crippen molar-refractivity contribution in [2.24, 2.45) is 0 Å². The maximum absolute atomic E-state index is 12.3. The quantitative estimate of drug-likeness (QED) is 0.795. The first-order chi connectivity index (χ1) is 10.9. The van der Waals surface area contributed by atoms with E-state index in [2.05, 4.69) is 14.4 Å². The van der Waals surface area contributed by atoms with Crippen LogP contribution in [0, 0.1) is 6.92 Å². The van der Waals surface area contributed by atoms with Crippen LogP contribution in [0.5, 0.6) is 5.75 Å². The van der Waals surface area contributed by atoms with Gasteiger partial charge in [0, 0.05) is 4.88 Å². The Hall–Kier alpha value is -2.13. The Morgan fingerprint density at radius 1 is 1.26 bits per heavy atom. The van der Waals surface area contributed by atoms with E-state index in [9.17, 15) is 13.2 Å². The monoisotopic (exact) mass is 356 g/mol. The van der Waals surface area contributed by atoms with Gasteiger partial charge in [0.2, 0.25) is 0 Å². The number of rotatable bonds is 6. The minimum Gasteiger partial charge on any atom is -0.497 e. The molecule has 9 heteroatoms. The van der Waals surface area contributed by atoms with Crippen LogP contribution in [-0.4, -0.2) is 33.6 Å². The Kier molecular flexibility index (Phi) is 5.22. The maximum Gasteiger partial charge on any atom is 0.310 e. The van der Waals surface area contributed by atoms with Crippen LogP contribution in [0.25, 0.3) is 0 Å². The van der Waals surface area contributed by atoms with Crippen LogP contribution in [0.2, 0.25) is 0 Å². The van der Waals surface area contributed by atoms with E-state index in [-0.39, 0.29) is 16.4 Å². The molecule has 124 valence electrons. The number of carbonyl (C=O) groups is 1. The number of ether oxygens (including phenoxy) is 2. The molecule has 0 unspecified atom stereocenters. The number of aromatic nitrogens is 1. The number of hydrogen-bond donors (Lipinski definition) is 1. The second-order valence-electron chi connectivity index (χ2n) is 4.56. The summed E-state index contributed by atoms with van der Waals surface area (Å²) in [6.45, 7) is 1.71. The average Bonchev–Trinajstić information content (AvgIpc) is 2.85. The van der Waals surface area contributed by atoms with E-state index < -0.39 is 16.0 Å². The third-order valence-corrected chi connectivity index (χ3v) is 5.57. The van der Waals surface area contributed by atoms with Crippen molar-refractivity contribution in [2.45, 2.75) is 18.2 Å². The molecule has 0 radical (unpaired) electrons. The van der Waals surface area contributed by atoms with Crippen LogP contribution in [0.15, 0.2) is 29.2 Å². The van der Waals surface area contributed by atoms with Crippen molar-refractivity contribution in [1.29, 1.82) is 0 Å². The van der Waals surface area contributed by atoms with Gasteiger partial charge in [-0.25, -0.2) is 13.4 Å². The number of sulfonamides is 1. The number of hydrogen-bond acceptors (Lipinski definition) is 7. The molecule has 1 aromatic heterocycles. The van der Waals surface area contributed by atoms with Gasteiger partial charge in [-0.3, -0.25) is 9.52 Å². The molecule has 7 nitrogen and oxygen atoms in total. The number of nitrogens with one attached hydrogen (secondary N) is 1. The lowest BCUT2D eigenvalue weighted by Crippen LogP contribution is -2.12. The van der Waals surface area contributed by atoms with Gasteiger partial charge in [0.15, 0.2) is 5.13 Å². The molecule has 0 saturated carbocycles. The summed E-state index contributed by atoms with van der Waals surface area (Å²) in [6, 6.07) is 6.00. The van der Waals surface area contributed by atoms with Crippen molar-refractivity contribution in [2.75, 3.05) is 18.9 Å². The van der Waals surface area contributed by atoms with Crippen molar-refractivity contribution < 1.29 is 22.7 Å². The minimum absolute atomic E-state index is 0.0598. The summed E-state index contributed by atoms with van der Waals surface area (Å²) < 4.78 is 36.7. The molecular weight excluding hydrogens is 340 g/mol.